The summed E-state index contributed by atoms with van der Waals surface area (Å²) in [5.74, 6) is 0.182. The normalized spacial score (nSPS) is 11.5. The van der Waals surface area contributed by atoms with Crippen LogP contribution < -0.4 is 5.73 Å². The number of hydrogen-bond donors (Lipinski definition) is 1. The molecule has 0 spiro atoms. The van der Waals surface area contributed by atoms with Gasteiger partial charge in [-0.25, -0.2) is 9.67 Å². The Morgan fingerprint density at radius 1 is 1.16 bits per heavy atom. The Labute approximate surface area is 192 Å². The number of likely N-dealkylation sites (N-methyl/N-ethyl adjacent to an activating group) is 1. The maximum Gasteiger partial charge on any atom is 0.274 e. The van der Waals surface area contributed by atoms with Crippen LogP contribution >= 0.6 is 11.3 Å². The second-order valence-corrected chi connectivity index (χ2v) is 9.54. The first-order valence-corrected chi connectivity index (χ1v) is 11.6. The Hall–Kier alpha value is -3.03. The van der Waals surface area contributed by atoms with Crippen molar-refractivity contribution in [2.75, 3.05) is 20.1 Å². The lowest BCUT2D eigenvalue weighted by Gasteiger charge is -2.14. The first-order chi connectivity index (χ1) is 15.3. The summed E-state index contributed by atoms with van der Waals surface area (Å²) in [6, 6.07) is 14.5. The minimum Gasteiger partial charge on any atom is -0.339 e. The Morgan fingerprint density at radius 3 is 2.59 bits per heavy atom. The van der Waals surface area contributed by atoms with Crippen LogP contribution in [0.15, 0.2) is 42.5 Å². The molecule has 4 rings (SSSR count). The van der Waals surface area contributed by atoms with Crippen molar-refractivity contribution in [2.24, 2.45) is 5.73 Å². The van der Waals surface area contributed by atoms with Gasteiger partial charge in [0, 0.05) is 36.0 Å². The molecular weight excluding hydrogens is 418 g/mol. The fourth-order valence-electron chi connectivity index (χ4n) is 3.81. The van der Waals surface area contributed by atoms with Crippen LogP contribution in [0.1, 0.15) is 46.3 Å². The Morgan fingerprint density at radius 2 is 1.91 bits per heavy atom. The average Bonchev–Trinajstić information content (AvgIpc) is 3.35. The fourth-order valence-corrected chi connectivity index (χ4v) is 4.87. The molecule has 2 N–H and O–H groups in total. The topological polar surface area (TPSA) is 77.0 Å². The lowest BCUT2D eigenvalue weighted by atomic mass is 10.0. The number of carbonyl (C=O) groups excluding carboxylic acids is 1. The molecule has 0 saturated heterocycles. The van der Waals surface area contributed by atoms with E-state index in [1.54, 1.807) is 23.3 Å². The quantitative estimate of drug-likeness (QED) is 0.455. The number of rotatable bonds is 6. The third kappa shape index (κ3) is 4.06. The molecule has 0 aliphatic heterocycles. The number of aromatic nitrogens is 3. The Balaban J connectivity index is 1.91. The molecule has 7 heteroatoms. The van der Waals surface area contributed by atoms with Crippen molar-refractivity contribution in [3.05, 3.63) is 64.2 Å². The molecule has 0 unspecified atom stereocenters. The highest BCUT2D eigenvalue weighted by atomic mass is 32.1. The molecule has 0 bridgehead atoms. The summed E-state index contributed by atoms with van der Waals surface area (Å²) in [6.45, 7) is 9.35. The molecule has 0 aliphatic carbocycles. The molecule has 0 aliphatic rings. The maximum absolute atomic E-state index is 13.1. The zero-order valence-electron chi connectivity index (χ0n) is 19.2. The molecule has 0 fully saturated rings. The van der Waals surface area contributed by atoms with Crippen LogP contribution in [0, 0.1) is 13.8 Å². The van der Waals surface area contributed by atoms with Gasteiger partial charge in [0.2, 0.25) is 5.13 Å². The van der Waals surface area contributed by atoms with E-state index in [-0.39, 0.29) is 5.91 Å². The molecule has 4 aromatic rings. The van der Waals surface area contributed by atoms with E-state index >= 15 is 0 Å². The number of nitrogens with two attached hydrogens (primary N) is 1. The summed E-state index contributed by atoms with van der Waals surface area (Å²) in [5, 5.41) is 6.36. The van der Waals surface area contributed by atoms with Gasteiger partial charge in [-0.05, 0) is 38.0 Å². The van der Waals surface area contributed by atoms with E-state index in [0.717, 1.165) is 32.9 Å². The van der Waals surface area contributed by atoms with E-state index in [4.69, 9.17) is 15.8 Å². The molecule has 1 amide bonds. The van der Waals surface area contributed by atoms with E-state index in [1.807, 2.05) is 29.8 Å². The lowest BCUT2D eigenvalue weighted by Crippen LogP contribution is -2.32. The van der Waals surface area contributed by atoms with Crippen molar-refractivity contribution in [1.82, 2.24) is 19.7 Å². The number of benzene rings is 2. The fraction of sp³-hybridized carbons (Fsp3) is 0.320. The lowest BCUT2D eigenvalue weighted by molar-refractivity contribution is 0.0794. The number of nitrogens with zero attached hydrogens (tertiary/aromatic N) is 4. The van der Waals surface area contributed by atoms with Gasteiger partial charge in [0.1, 0.15) is 0 Å². The van der Waals surface area contributed by atoms with Gasteiger partial charge >= 0.3 is 0 Å². The molecule has 0 saturated carbocycles. The van der Waals surface area contributed by atoms with Gasteiger partial charge < -0.3 is 10.6 Å². The van der Waals surface area contributed by atoms with Gasteiger partial charge in [0.25, 0.3) is 5.91 Å². The largest absolute Gasteiger partial charge is 0.339 e. The maximum atomic E-state index is 13.1. The van der Waals surface area contributed by atoms with Crippen molar-refractivity contribution in [2.45, 2.75) is 33.6 Å². The van der Waals surface area contributed by atoms with Gasteiger partial charge in [-0.15, -0.1) is 0 Å². The molecular formula is C25H29N5OS. The highest BCUT2D eigenvalue weighted by Gasteiger charge is 2.24. The first kappa shape index (κ1) is 22.2. The molecule has 6 nitrogen and oxygen atoms in total. The van der Waals surface area contributed by atoms with E-state index in [0.29, 0.717) is 24.7 Å². The van der Waals surface area contributed by atoms with Crippen LogP contribution in [0.4, 0.5) is 0 Å². The minimum absolute atomic E-state index is 0.135. The molecule has 32 heavy (non-hydrogen) atoms. The number of thiazole rings is 1. The number of amides is 1. The monoisotopic (exact) mass is 447 g/mol. The molecule has 2 aromatic heterocycles. The SMILES string of the molecule is Cc1cccc(-c2nc(-n3nc(C(=O)N(C)CCN)c4cc(C)ccc43)sc2C(C)C)c1. The van der Waals surface area contributed by atoms with Crippen LogP contribution in [-0.4, -0.2) is 45.7 Å². The van der Waals surface area contributed by atoms with Gasteiger partial charge in [-0.2, -0.15) is 5.10 Å². The van der Waals surface area contributed by atoms with E-state index in [2.05, 4.69) is 45.0 Å². The van der Waals surface area contributed by atoms with Crippen molar-refractivity contribution >= 4 is 28.1 Å². The van der Waals surface area contributed by atoms with Crippen molar-refractivity contribution in [1.29, 1.82) is 0 Å². The zero-order chi connectivity index (χ0) is 23.0. The highest BCUT2D eigenvalue weighted by molar-refractivity contribution is 7.14. The minimum atomic E-state index is -0.135. The summed E-state index contributed by atoms with van der Waals surface area (Å²) in [4.78, 5) is 21.0. The Bertz CT molecular complexity index is 1290. The predicted molar refractivity (Wildman–Crippen MR) is 132 cm³/mol. The average molecular weight is 448 g/mol. The number of carbonyl (C=O) groups is 1. The van der Waals surface area contributed by atoms with Crippen LogP contribution in [-0.2, 0) is 0 Å². The van der Waals surface area contributed by atoms with Gasteiger partial charge in [-0.3, -0.25) is 4.79 Å². The van der Waals surface area contributed by atoms with Crippen LogP contribution in [0.5, 0.6) is 0 Å². The third-order valence-electron chi connectivity index (χ3n) is 5.49. The molecule has 166 valence electrons. The number of hydrogen-bond acceptors (Lipinski definition) is 5. The van der Waals surface area contributed by atoms with Crippen LogP contribution in [0.3, 0.4) is 0 Å². The van der Waals surface area contributed by atoms with Crippen LogP contribution in [0.2, 0.25) is 0 Å². The van der Waals surface area contributed by atoms with Gasteiger partial charge in [-0.1, -0.05) is 60.6 Å². The molecule has 0 radical (unpaired) electrons. The molecule has 0 atom stereocenters. The first-order valence-electron chi connectivity index (χ1n) is 10.8. The Kier molecular flexibility index (Phi) is 6.13. The smallest absolute Gasteiger partial charge is 0.274 e. The van der Waals surface area contributed by atoms with E-state index in [9.17, 15) is 4.79 Å². The van der Waals surface area contributed by atoms with Crippen molar-refractivity contribution in [3.63, 3.8) is 0 Å². The van der Waals surface area contributed by atoms with E-state index in [1.165, 1.54) is 10.4 Å². The summed E-state index contributed by atoms with van der Waals surface area (Å²) in [7, 11) is 1.76. The van der Waals surface area contributed by atoms with Crippen molar-refractivity contribution < 1.29 is 4.79 Å². The molecule has 2 aromatic carbocycles. The summed E-state index contributed by atoms with van der Waals surface area (Å²) < 4.78 is 1.81. The highest BCUT2D eigenvalue weighted by Crippen LogP contribution is 2.37. The number of fused-ring (bicyclic) bond motifs is 1. The zero-order valence-corrected chi connectivity index (χ0v) is 20.0. The second kappa shape index (κ2) is 8.84. The van der Waals surface area contributed by atoms with Gasteiger partial charge in [0.05, 0.1) is 11.2 Å². The van der Waals surface area contributed by atoms with Crippen LogP contribution in [0.25, 0.3) is 27.3 Å². The molecule has 2 heterocycles. The van der Waals surface area contributed by atoms with E-state index < -0.39 is 0 Å². The number of aryl methyl sites for hydroxylation is 2. The predicted octanol–water partition coefficient (Wildman–Crippen LogP) is 4.92. The van der Waals surface area contributed by atoms with Gasteiger partial charge in [0.15, 0.2) is 5.69 Å². The standard InChI is InChI=1S/C25H29N5OS/c1-15(2)23-21(18-8-6-7-16(3)13-18)27-25(32-23)30-20-10-9-17(4)14-19(20)22(28-30)24(31)29(5)12-11-26/h6-10,13-15H,11-12,26H2,1-5H3. The van der Waals surface area contributed by atoms with Crippen molar-refractivity contribution in [3.8, 4) is 16.4 Å². The second-order valence-electron chi connectivity index (χ2n) is 8.53. The summed E-state index contributed by atoms with van der Waals surface area (Å²) in [6.07, 6.45) is 0. The summed E-state index contributed by atoms with van der Waals surface area (Å²) >= 11 is 1.63. The summed E-state index contributed by atoms with van der Waals surface area (Å²) in [5.41, 5.74) is 11.3. The third-order valence-corrected chi connectivity index (χ3v) is 6.82.